The maximum absolute atomic E-state index is 11.8. The van der Waals surface area contributed by atoms with Gasteiger partial charge >= 0.3 is 6.09 Å². The number of ether oxygens (including phenoxy) is 1. The molecule has 0 spiro atoms. The highest BCUT2D eigenvalue weighted by Gasteiger charge is 2.26. The molecule has 1 fully saturated rings. The third kappa shape index (κ3) is 5.71. The zero-order valence-electron chi connectivity index (χ0n) is 11.4. The number of hydrogen-bond donors (Lipinski definition) is 0. The summed E-state index contributed by atoms with van der Waals surface area (Å²) >= 11 is 5.33. The van der Waals surface area contributed by atoms with Crippen molar-refractivity contribution in [2.75, 3.05) is 13.1 Å². The Bertz CT molecular complexity index is 304. The molecular weight excluding hydrogens is 254 g/mol. The van der Waals surface area contributed by atoms with E-state index in [1.807, 2.05) is 20.8 Å². The number of likely N-dealkylation sites (tertiary alicyclic amines) is 1. The molecule has 1 amide bonds. The van der Waals surface area contributed by atoms with Gasteiger partial charge in [-0.3, -0.25) is 4.79 Å². The molecule has 1 saturated heterocycles. The van der Waals surface area contributed by atoms with Crippen LogP contribution in [0, 0.1) is 5.92 Å². The first kappa shape index (κ1) is 15.3. The Labute approximate surface area is 114 Å². The molecule has 0 atom stereocenters. The van der Waals surface area contributed by atoms with E-state index < -0.39 is 5.60 Å². The van der Waals surface area contributed by atoms with Crippen molar-refractivity contribution in [2.24, 2.45) is 5.92 Å². The number of carbonyl (C=O) groups is 2. The topological polar surface area (TPSA) is 46.6 Å². The molecule has 4 nitrogen and oxygen atoms in total. The van der Waals surface area contributed by atoms with Gasteiger partial charge in [0.05, 0.1) is 0 Å². The fourth-order valence-corrected chi connectivity index (χ4v) is 2.16. The Balaban J connectivity index is 2.30. The Hall–Kier alpha value is -0.770. The van der Waals surface area contributed by atoms with Crippen LogP contribution in [0.4, 0.5) is 4.79 Å². The monoisotopic (exact) mass is 275 g/mol. The highest BCUT2D eigenvalue weighted by molar-refractivity contribution is 6.63. The van der Waals surface area contributed by atoms with Crippen LogP contribution in [-0.4, -0.2) is 34.9 Å². The van der Waals surface area contributed by atoms with Crippen molar-refractivity contribution in [3.63, 3.8) is 0 Å². The fourth-order valence-electron chi connectivity index (χ4n) is 2.05. The van der Waals surface area contributed by atoms with Gasteiger partial charge in [0.1, 0.15) is 5.60 Å². The summed E-state index contributed by atoms with van der Waals surface area (Å²) in [5.74, 6) is 0.492. The fraction of sp³-hybridized carbons (Fsp3) is 0.846. The number of amides is 1. The minimum Gasteiger partial charge on any atom is -0.444 e. The highest BCUT2D eigenvalue weighted by Crippen LogP contribution is 2.23. The predicted octanol–water partition coefficient (Wildman–Crippen LogP) is 3.18. The second kappa shape index (κ2) is 6.41. The summed E-state index contributed by atoms with van der Waals surface area (Å²) in [6.07, 6.45) is 2.85. The zero-order chi connectivity index (χ0) is 13.8. The van der Waals surface area contributed by atoms with Crippen LogP contribution < -0.4 is 0 Å². The molecule has 5 heteroatoms. The summed E-state index contributed by atoms with van der Waals surface area (Å²) < 4.78 is 5.32. The average molecular weight is 276 g/mol. The first-order valence-electron chi connectivity index (χ1n) is 6.44. The molecule has 0 aliphatic carbocycles. The molecule has 0 saturated carbocycles. The normalized spacial score (nSPS) is 17.7. The number of carbonyl (C=O) groups excluding carboxylic acids is 2. The molecule has 18 heavy (non-hydrogen) atoms. The van der Waals surface area contributed by atoms with Gasteiger partial charge in [-0.15, -0.1) is 0 Å². The van der Waals surface area contributed by atoms with Crippen molar-refractivity contribution in [2.45, 2.75) is 52.1 Å². The van der Waals surface area contributed by atoms with Gasteiger partial charge in [-0.05, 0) is 57.6 Å². The van der Waals surface area contributed by atoms with Crippen LogP contribution in [0.25, 0.3) is 0 Å². The SMILES string of the molecule is CC(C)(C)OC(=O)N1CCC(CCC(=O)Cl)CC1. The van der Waals surface area contributed by atoms with Gasteiger partial charge in [0, 0.05) is 19.5 Å². The average Bonchev–Trinajstić information content (AvgIpc) is 2.24. The Morgan fingerprint density at radius 3 is 2.28 bits per heavy atom. The lowest BCUT2D eigenvalue weighted by Gasteiger charge is -2.33. The van der Waals surface area contributed by atoms with E-state index in [1.165, 1.54) is 0 Å². The Kier molecular flexibility index (Phi) is 5.45. The van der Waals surface area contributed by atoms with E-state index in [4.69, 9.17) is 16.3 Å². The number of rotatable bonds is 3. The minimum absolute atomic E-state index is 0.241. The van der Waals surface area contributed by atoms with Gasteiger partial charge in [0.15, 0.2) is 0 Å². The van der Waals surface area contributed by atoms with Crippen molar-refractivity contribution in [3.8, 4) is 0 Å². The van der Waals surface area contributed by atoms with Gasteiger partial charge < -0.3 is 9.64 Å². The van der Waals surface area contributed by atoms with Crippen molar-refractivity contribution >= 4 is 22.9 Å². The summed E-state index contributed by atoms with van der Waals surface area (Å²) in [6.45, 7) is 7.00. The first-order chi connectivity index (χ1) is 8.28. The maximum atomic E-state index is 11.8. The van der Waals surface area contributed by atoms with Crippen LogP contribution in [0.3, 0.4) is 0 Å². The number of halogens is 1. The van der Waals surface area contributed by atoms with E-state index in [0.717, 1.165) is 19.3 Å². The van der Waals surface area contributed by atoms with Crippen molar-refractivity contribution in [3.05, 3.63) is 0 Å². The summed E-state index contributed by atoms with van der Waals surface area (Å²) in [5, 5.41) is -0.274. The van der Waals surface area contributed by atoms with E-state index in [0.29, 0.717) is 25.4 Å². The molecule has 0 radical (unpaired) electrons. The van der Waals surface area contributed by atoms with Gasteiger partial charge in [0.2, 0.25) is 5.24 Å². The van der Waals surface area contributed by atoms with Crippen LogP contribution in [0.15, 0.2) is 0 Å². The molecule has 0 N–H and O–H groups in total. The summed E-state index contributed by atoms with van der Waals surface area (Å²) in [6, 6.07) is 0. The van der Waals surface area contributed by atoms with E-state index in [9.17, 15) is 9.59 Å². The third-order valence-electron chi connectivity index (χ3n) is 3.02. The van der Waals surface area contributed by atoms with Crippen LogP contribution in [0.2, 0.25) is 0 Å². The summed E-state index contributed by atoms with van der Waals surface area (Å²) in [7, 11) is 0. The van der Waals surface area contributed by atoms with E-state index in [-0.39, 0.29) is 11.3 Å². The van der Waals surface area contributed by atoms with Crippen LogP contribution >= 0.6 is 11.6 Å². The van der Waals surface area contributed by atoms with Gasteiger partial charge in [-0.2, -0.15) is 0 Å². The summed E-state index contributed by atoms with van der Waals surface area (Å²) in [4.78, 5) is 24.3. The minimum atomic E-state index is -0.445. The molecule has 1 heterocycles. The second-order valence-electron chi connectivity index (χ2n) is 5.80. The molecule has 1 rings (SSSR count). The van der Waals surface area contributed by atoms with Crippen LogP contribution in [-0.2, 0) is 9.53 Å². The van der Waals surface area contributed by atoms with Crippen molar-refractivity contribution in [1.29, 1.82) is 0 Å². The Morgan fingerprint density at radius 1 is 1.28 bits per heavy atom. The zero-order valence-corrected chi connectivity index (χ0v) is 12.1. The summed E-state index contributed by atoms with van der Waals surface area (Å²) in [5.41, 5.74) is -0.445. The van der Waals surface area contributed by atoms with E-state index in [2.05, 4.69) is 0 Å². The van der Waals surface area contributed by atoms with E-state index in [1.54, 1.807) is 4.90 Å². The Morgan fingerprint density at radius 2 is 1.83 bits per heavy atom. The standard InChI is InChI=1S/C13H22ClNO3/c1-13(2,3)18-12(17)15-8-6-10(7-9-15)4-5-11(14)16/h10H,4-9H2,1-3H3. The number of hydrogen-bond acceptors (Lipinski definition) is 3. The third-order valence-corrected chi connectivity index (χ3v) is 3.20. The smallest absolute Gasteiger partial charge is 0.410 e. The quantitative estimate of drug-likeness (QED) is 0.743. The molecule has 0 bridgehead atoms. The lowest BCUT2D eigenvalue weighted by Crippen LogP contribution is -2.41. The molecule has 0 aromatic rings. The van der Waals surface area contributed by atoms with Gasteiger partial charge in [-0.1, -0.05) is 0 Å². The molecule has 0 unspecified atom stereocenters. The predicted molar refractivity (Wildman–Crippen MR) is 70.6 cm³/mol. The lowest BCUT2D eigenvalue weighted by molar-refractivity contribution is -0.112. The van der Waals surface area contributed by atoms with Crippen molar-refractivity contribution < 1.29 is 14.3 Å². The van der Waals surface area contributed by atoms with Crippen LogP contribution in [0.5, 0.6) is 0 Å². The number of piperidine rings is 1. The van der Waals surface area contributed by atoms with Crippen molar-refractivity contribution in [1.82, 2.24) is 4.90 Å². The molecule has 104 valence electrons. The molecule has 0 aromatic heterocycles. The molecule has 1 aliphatic rings. The first-order valence-corrected chi connectivity index (χ1v) is 6.82. The molecule has 1 aliphatic heterocycles. The molecule has 0 aromatic carbocycles. The number of nitrogens with zero attached hydrogens (tertiary/aromatic N) is 1. The molecular formula is C13H22ClNO3. The van der Waals surface area contributed by atoms with Gasteiger partial charge in [0.25, 0.3) is 0 Å². The van der Waals surface area contributed by atoms with Crippen LogP contribution in [0.1, 0.15) is 46.5 Å². The highest BCUT2D eigenvalue weighted by atomic mass is 35.5. The lowest BCUT2D eigenvalue weighted by atomic mass is 9.92. The van der Waals surface area contributed by atoms with E-state index >= 15 is 0 Å². The maximum Gasteiger partial charge on any atom is 0.410 e. The van der Waals surface area contributed by atoms with Gasteiger partial charge in [-0.25, -0.2) is 4.79 Å². The second-order valence-corrected chi connectivity index (χ2v) is 6.23. The largest absolute Gasteiger partial charge is 0.444 e.